The summed E-state index contributed by atoms with van der Waals surface area (Å²) in [4.78, 5) is 14.5. The van der Waals surface area contributed by atoms with E-state index in [4.69, 9.17) is 10.5 Å². The van der Waals surface area contributed by atoms with Crippen LogP contribution in [0.3, 0.4) is 0 Å². The van der Waals surface area contributed by atoms with Crippen LogP contribution in [-0.2, 0) is 5.75 Å². The number of nitrogens with zero attached hydrogens (tertiary/aromatic N) is 2. The van der Waals surface area contributed by atoms with E-state index in [0.717, 1.165) is 11.3 Å². The van der Waals surface area contributed by atoms with Crippen LogP contribution in [0.1, 0.15) is 5.56 Å². The SMILES string of the molecule is COc1cccc(N=C(N)SCc2ccc([N+](=O)[O-])cc2)c1. The van der Waals surface area contributed by atoms with Crippen LogP contribution < -0.4 is 10.5 Å². The molecule has 0 unspecified atom stereocenters. The van der Waals surface area contributed by atoms with Crippen molar-refractivity contribution in [3.63, 3.8) is 0 Å². The number of aliphatic imine (C=N–C) groups is 1. The van der Waals surface area contributed by atoms with Crippen LogP contribution in [0.25, 0.3) is 0 Å². The second kappa shape index (κ2) is 7.46. The zero-order chi connectivity index (χ0) is 15.9. The van der Waals surface area contributed by atoms with Crippen molar-refractivity contribution in [3.8, 4) is 5.75 Å². The molecule has 7 heteroatoms. The van der Waals surface area contributed by atoms with Gasteiger partial charge in [-0.2, -0.15) is 0 Å². The Hall–Kier alpha value is -2.54. The van der Waals surface area contributed by atoms with Crippen molar-refractivity contribution in [1.82, 2.24) is 0 Å². The molecule has 0 heterocycles. The maximum absolute atomic E-state index is 10.6. The minimum atomic E-state index is -0.421. The van der Waals surface area contributed by atoms with Crippen LogP contribution in [-0.4, -0.2) is 17.2 Å². The van der Waals surface area contributed by atoms with E-state index in [2.05, 4.69) is 4.99 Å². The minimum Gasteiger partial charge on any atom is -0.497 e. The van der Waals surface area contributed by atoms with Crippen LogP contribution in [0.5, 0.6) is 5.75 Å². The van der Waals surface area contributed by atoms with E-state index in [0.29, 0.717) is 16.6 Å². The number of nitro benzene ring substituents is 1. The molecule has 0 aromatic heterocycles. The molecule has 0 aliphatic carbocycles. The fourth-order valence-electron chi connectivity index (χ4n) is 1.71. The van der Waals surface area contributed by atoms with Crippen molar-refractivity contribution < 1.29 is 9.66 Å². The molecular weight excluding hydrogens is 302 g/mol. The zero-order valence-corrected chi connectivity index (χ0v) is 12.7. The van der Waals surface area contributed by atoms with Gasteiger partial charge in [-0.15, -0.1) is 0 Å². The van der Waals surface area contributed by atoms with E-state index in [1.165, 1.54) is 23.9 Å². The lowest BCUT2D eigenvalue weighted by atomic mass is 10.2. The molecule has 0 saturated heterocycles. The van der Waals surface area contributed by atoms with Gasteiger partial charge in [-0.25, -0.2) is 4.99 Å². The third-order valence-corrected chi connectivity index (χ3v) is 3.69. The van der Waals surface area contributed by atoms with Crippen LogP contribution >= 0.6 is 11.8 Å². The molecule has 0 aliphatic heterocycles. The third kappa shape index (κ3) is 4.49. The third-order valence-electron chi connectivity index (χ3n) is 2.83. The van der Waals surface area contributed by atoms with E-state index < -0.39 is 4.92 Å². The Kier molecular flexibility index (Phi) is 5.37. The monoisotopic (exact) mass is 317 g/mol. The van der Waals surface area contributed by atoms with E-state index >= 15 is 0 Å². The first-order valence-corrected chi connectivity index (χ1v) is 7.41. The second-order valence-corrected chi connectivity index (χ2v) is 5.36. The Balaban J connectivity index is 1.97. The standard InChI is InChI=1S/C15H15N3O3S/c1-21-14-4-2-3-12(9-14)17-15(16)22-10-11-5-7-13(8-6-11)18(19)20/h2-9H,10H2,1H3,(H2,16,17). The highest BCUT2D eigenvalue weighted by atomic mass is 32.2. The van der Waals surface area contributed by atoms with Crippen molar-refractivity contribution >= 4 is 28.3 Å². The molecule has 0 saturated carbocycles. The molecule has 2 rings (SSSR count). The zero-order valence-electron chi connectivity index (χ0n) is 11.9. The molecule has 22 heavy (non-hydrogen) atoms. The molecule has 2 aromatic rings. The quantitative estimate of drug-likeness (QED) is 0.394. The highest BCUT2D eigenvalue weighted by Crippen LogP contribution is 2.22. The molecule has 0 spiro atoms. The van der Waals surface area contributed by atoms with Gasteiger partial charge in [0.25, 0.3) is 5.69 Å². The Morgan fingerprint density at radius 2 is 2.05 bits per heavy atom. The molecular formula is C15H15N3O3S. The first-order chi connectivity index (χ1) is 10.6. The number of benzene rings is 2. The summed E-state index contributed by atoms with van der Waals surface area (Å²) in [6, 6.07) is 13.7. The molecule has 2 aromatic carbocycles. The summed E-state index contributed by atoms with van der Waals surface area (Å²) < 4.78 is 5.12. The van der Waals surface area contributed by atoms with Gasteiger partial charge in [0.15, 0.2) is 5.17 Å². The van der Waals surface area contributed by atoms with Crippen molar-refractivity contribution in [2.45, 2.75) is 5.75 Å². The van der Waals surface area contributed by atoms with Gasteiger partial charge in [0.05, 0.1) is 17.7 Å². The number of amidine groups is 1. The van der Waals surface area contributed by atoms with E-state index in [1.54, 1.807) is 25.3 Å². The molecule has 0 bridgehead atoms. The van der Waals surface area contributed by atoms with Gasteiger partial charge in [0, 0.05) is 24.0 Å². The first-order valence-electron chi connectivity index (χ1n) is 6.43. The van der Waals surface area contributed by atoms with Gasteiger partial charge in [-0.1, -0.05) is 30.0 Å². The molecule has 114 valence electrons. The number of rotatable bonds is 5. The van der Waals surface area contributed by atoms with Crippen LogP contribution in [0.2, 0.25) is 0 Å². The highest BCUT2D eigenvalue weighted by molar-refractivity contribution is 8.13. The lowest BCUT2D eigenvalue weighted by Gasteiger charge is -2.03. The smallest absolute Gasteiger partial charge is 0.269 e. The summed E-state index contributed by atoms with van der Waals surface area (Å²) in [5, 5.41) is 11.0. The number of nitro groups is 1. The Morgan fingerprint density at radius 3 is 2.68 bits per heavy atom. The van der Waals surface area contributed by atoms with Gasteiger partial charge in [-0.05, 0) is 17.7 Å². The summed E-state index contributed by atoms with van der Waals surface area (Å²) in [6.45, 7) is 0. The number of hydrogen-bond acceptors (Lipinski definition) is 5. The molecule has 0 aliphatic rings. The molecule has 0 fully saturated rings. The summed E-state index contributed by atoms with van der Waals surface area (Å²) in [7, 11) is 1.59. The predicted molar refractivity (Wildman–Crippen MR) is 88.7 cm³/mol. The van der Waals surface area contributed by atoms with Gasteiger partial charge in [-0.3, -0.25) is 10.1 Å². The molecule has 6 nitrogen and oxygen atoms in total. The Labute approximate surface area is 132 Å². The van der Waals surface area contributed by atoms with E-state index in [-0.39, 0.29) is 5.69 Å². The largest absolute Gasteiger partial charge is 0.497 e. The number of methoxy groups -OCH3 is 1. The number of ether oxygens (including phenoxy) is 1. The summed E-state index contributed by atoms with van der Waals surface area (Å²) in [5.74, 6) is 1.31. The summed E-state index contributed by atoms with van der Waals surface area (Å²) in [6.07, 6.45) is 0. The number of hydrogen-bond donors (Lipinski definition) is 1. The molecule has 0 radical (unpaired) electrons. The fraction of sp³-hybridized carbons (Fsp3) is 0.133. The lowest BCUT2D eigenvalue weighted by molar-refractivity contribution is -0.384. The molecule has 0 amide bonds. The van der Waals surface area contributed by atoms with E-state index in [1.807, 2.05) is 18.2 Å². The summed E-state index contributed by atoms with van der Waals surface area (Å²) in [5.41, 5.74) is 7.62. The van der Waals surface area contributed by atoms with Crippen molar-refractivity contribution in [2.24, 2.45) is 10.7 Å². The number of nitrogens with two attached hydrogens (primary N) is 1. The maximum atomic E-state index is 10.6. The Bertz CT molecular complexity index is 687. The average molecular weight is 317 g/mol. The minimum absolute atomic E-state index is 0.0757. The topological polar surface area (TPSA) is 90.8 Å². The fourth-order valence-corrected chi connectivity index (χ4v) is 2.39. The Morgan fingerprint density at radius 1 is 1.32 bits per heavy atom. The van der Waals surface area contributed by atoms with Crippen LogP contribution in [0.4, 0.5) is 11.4 Å². The normalized spacial score (nSPS) is 11.2. The van der Waals surface area contributed by atoms with Gasteiger partial charge < -0.3 is 10.5 Å². The van der Waals surface area contributed by atoms with Crippen molar-refractivity contribution in [2.75, 3.05) is 7.11 Å². The van der Waals surface area contributed by atoms with Crippen LogP contribution in [0, 0.1) is 10.1 Å². The van der Waals surface area contributed by atoms with Gasteiger partial charge >= 0.3 is 0 Å². The molecule has 0 atom stereocenters. The first kappa shape index (κ1) is 15.8. The maximum Gasteiger partial charge on any atom is 0.269 e. The predicted octanol–water partition coefficient (Wildman–Crippen LogP) is 3.48. The van der Waals surface area contributed by atoms with Gasteiger partial charge in [0.1, 0.15) is 5.75 Å². The van der Waals surface area contributed by atoms with Crippen molar-refractivity contribution in [1.29, 1.82) is 0 Å². The highest BCUT2D eigenvalue weighted by Gasteiger charge is 2.04. The summed E-state index contributed by atoms with van der Waals surface area (Å²) >= 11 is 1.37. The van der Waals surface area contributed by atoms with Crippen molar-refractivity contribution in [3.05, 3.63) is 64.2 Å². The number of thioether (sulfide) groups is 1. The number of non-ortho nitro benzene ring substituents is 1. The van der Waals surface area contributed by atoms with Gasteiger partial charge in [0.2, 0.25) is 0 Å². The molecule has 2 N–H and O–H groups in total. The van der Waals surface area contributed by atoms with Crippen LogP contribution in [0.15, 0.2) is 53.5 Å². The second-order valence-electron chi connectivity index (χ2n) is 4.36. The average Bonchev–Trinajstić information content (AvgIpc) is 2.53. The lowest BCUT2D eigenvalue weighted by Crippen LogP contribution is -2.06. The van der Waals surface area contributed by atoms with E-state index in [9.17, 15) is 10.1 Å².